The fraction of sp³-hybridized carbons (Fsp3) is 0.455. The SMILES string of the molecule is Cc1cc(CN2CCN(CC(=O)N3CC=C(c4ccccc4)CC3)CC2)no1. The number of aromatic nitrogens is 1. The number of benzene rings is 1. The number of aryl methyl sites for hydroxylation is 1. The zero-order valence-electron chi connectivity index (χ0n) is 16.5. The Bertz CT molecular complexity index is 822. The number of hydrogen-bond acceptors (Lipinski definition) is 5. The molecule has 3 heterocycles. The summed E-state index contributed by atoms with van der Waals surface area (Å²) >= 11 is 0. The third kappa shape index (κ3) is 4.69. The Morgan fingerprint density at radius 2 is 1.82 bits per heavy atom. The number of piperazine rings is 1. The summed E-state index contributed by atoms with van der Waals surface area (Å²) in [4.78, 5) is 19.3. The molecule has 1 aromatic carbocycles. The van der Waals surface area contributed by atoms with Crippen molar-refractivity contribution in [3.05, 3.63) is 59.5 Å². The van der Waals surface area contributed by atoms with Crippen LogP contribution >= 0.6 is 0 Å². The highest BCUT2D eigenvalue weighted by Crippen LogP contribution is 2.22. The monoisotopic (exact) mass is 380 g/mol. The van der Waals surface area contributed by atoms with Crippen LogP contribution < -0.4 is 0 Å². The Hall–Kier alpha value is -2.44. The Morgan fingerprint density at radius 1 is 1.07 bits per heavy atom. The maximum atomic E-state index is 12.7. The molecule has 0 bridgehead atoms. The summed E-state index contributed by atoms with van der Waals surface area (Å²) in [5.41, 5.74) is 3.60. The quantitative estimate of drug-likeness (QED) is 0.797. The van der Waals surface area contributed by atoms with Crippen LogP contribution in [0.2, 0.25) is 0 Å². The van der Waals surface area contributed by atoms with E-state index in [1.807, 2.05) is 24.0 Å². The highest BCUT2D eigenvalue weighted by atomic mass is 16.5. The first-order valence-corrected chi connectivity index (χ1v) is 10.1. The highest BCUT2D eigenvalue weighted by Gasteiger charge is 2.23. The van der Waals surface area contributed by atoms with Crippen LogP contribution in [0.15, 0.2) is 47.0 Å². The Labute approximate surface area is 166 Å². The van der Waals surface area contributed by atoms with Crippen molar-refractivity contribution < 1.29 is 9.32 Å². The summed E-state index contributed by atoms with van der Waals surface area (Å²) < 4.78 is 5.14. The van der Waals surface area contributed by atoms with Crippen LogP contribution in [-0.2, 0) is 11.3 Å². The molecule has 1 aromatic heterocycles. The molecular weight excluding hydrogens is 352 g/mol. The molecule has 0 N–H and O–H groups in total. The van der Waals surface area contributed by atoms with Gasteiger partial charge in [0.2, 0.25) is 5.91 Å². The molecule has 28 heavy (non-hydrogen) atoms. The van der Waals surface area contributed by atoms with E-state index in [-0.39, 0.29) is 5.91 Å². The Morgan fingerprint density at radius 3 is 2.46 bits per heavy atom. The lowest BCUT2D eigenvalue weighted by molar-refractivity contribution is -0.132. The molecule has 148 valence electrons. The van der Waals surface area contributed by atoms with Crippen molar-refractivity contribution in [2.24, 2.45) is 0 Å². The summed E-state index contributed by atoms with van der Waals surface area (Å²) in [6.07, 6.45) is 3.13. The molecule has 1 amide bonds. The summed E-state index contributed by atoms with van der Waals surface area (Å²) in [7, 11) is 0. The van der Waals surface area contributed by atoms with Crippen LogP contribution in [0.25, 0.3) is 5.57 Å². The van der Waals surface area contributed by atoms with E-state index in [0.29, 0.717) is 13.1 Å². The number of hydrogen-bond donors (Lipinski definition) is 0. The molecule has 1 saturated heterocycles. The molecule has 6 nitrogen and oxygen atoms in total. The van der Waals surface area contributed by atoms with Crippen LogP contribution in [-0.4, -0.2) is 71.6 Å². The molecule has 1 fully saturated rings. The molecule has 2 aliphatic rings. The first kappa shape index (κ1) is 18.9. The van der Waals surface area contributed by atoms with Gasteiger partial charge in [0.15, 0.2) is 0 Å². The van der Waals surface area contributed by atoms with Crippen LogP contribution in [0.5, 0.6) is 0 Å². The minimum Gasteiger partial charge on any atom is -0.361 e. The molecule has 0 saturated carbocycles. The van der Waals surface area contributed by atoms with Gasteiger partial charge >= 0.3 is 0 Å². The summed E-state index contributed by atoms with van der Waals surface area (Å²) in [6.45, 7) is 8.53. The van der Waals surface area contributed by atoms with Crippen molar-refractivity contribution in [1.29, 1.82) is 0 Å². The largest absolute Gasteiger partial charge is 0.361 e. The third-order valence-corrected chi connectivity index (χ3v) is 5.59. The minimum atomic E-state index is 0.240. The highest BCUT2D eigenvalue weighted by molar-refractivity contribution is 5.80. The standard InChI is InChI=1S/C22H28N4O2/c1-18-15-21(23-28-18)16-24-11-13-25(14-12-24)17-22(27)26-9-7-20(8-10-26)19-5-3-2-4-6-19/h2-7,15H,8-14,16-17H2,1H3. The van der Waals surface area contributed by atoms with Crippen molar-refractivity contribution in [3.8, 4) is 0 Å². The first-order valence-electron chi connectivity index (χ1n) is 10.1. The minimum absolute atomic E-state index is 0.240. The molecule has 4 rings (SSSR count). The molecule has 2 aromatic rings. The predicted molar refractivity (Wildman–Crippen MR) is 109 cm³/mol. The number of carbonyl (C=O) groups is 1. The van der Waals surface area contributed by atoms with Gasteiger partial charge in [-0.1, -0.05) is 41.6 Å². The second-order valence-corrected chi connectivity index (χ2v) is 7.67. The first-order chi connectivity index (χ1) is 13.7. The van der Waals surface area contributed by atoms with E-state index in [1.165, 1.54) is 11.1 Å². The van der Waals surface area contributed by atoms with Crippen molar-refractivity contribution in [2.45, 2.75) is 19.9 Å². The molecule has 6 heteroatoms. The van der Waals surface area contributed by atoms with Crippen molar-refractivity contribution in [3.63, 3.8) is 0 Å². The van der Waals surface area contributed by atoms with E-state index >= 15 is 0 Å². The van der Waals surface area contributed by atoms with Gasteiger partial charge in [0.25, 0.3) is 0 Å². The molecule has 0 unspecified atom stereocenters. The normalized spacial score (nSPS) is 18.9. The van der Waals surface area contributed by atoms with E-state index in [9.17, 15) is 4.79 Å². The van der Waals surface area contributed by atoms with Gasteiger partial charge in [-0.05, 0) is 24.5 Å². The lowest BCUT2D eigenvalue weighted by Gasteiger charge is -2.35. The van der Waals surface area contributed by atoms with Gasteiger partial charge in [0, 0.05) is 51.9 Å². The zero-order chi connectivity index (χ0) is 19.3. The number of nitrogens with zero attached hydrogens (tertiary/aromatic N) is 4. The van der Waals surface area contributed by atoms with Gasteiger partial charge in [-0.3, -0.25) is 14.6 Å². The van der Waals surface area contributed by atoms with Crippen LogP contribution in [0.1, 0.15) is 23.4 Å². The van der Waals surface area contributed by atoms with Gasteiger partial charge in [-0.25, -0.2) is 0 Å². The Kier molecular flexibility index (Phi) is 5.88. The van der Waals surface area contributed by atoms with Gasteiger partial charge < -0.3 is 9.42 Å². The summed E-state index contributed by atoms with van der Waals surface area (Å²) in [5.74, 6) is 1.09. The number of carbonyl (C=O) groups excluding carboxylic acids is 1. The van der Waals surface area contributed by atoms with E-state index in [2.05, 4.69) is 45.3 Å². The van der Waals surface area contributed by atoms with E-state index < -0.39 is 0 Å². The van der Waals surface area contributed by atoms with Crippen molar-refractivity contribution in [2.75, 3.05) is 45.8 Å². The van der Waals surface area contributed by atoms with E-state index in [1.54, 1.807) is 0 Å². The smallest absolute Gasteiger partial charge is 0.237 e. The zero-order valence-corrected chi connectivity index (χ0v) is 16.5. The maximum absolute atomic E-state index is 12.7. The van der Waals surface area contributed by atoms with Crippen molar-refractivity contribution >= 4 is 11.5 Å². The predicted octanol–water partition coefficient (Wildman–Crippen LogP) is 2.42. The van der Waals surface area contributed by atoms with Crippen LogP contribution in [0.4, 0.5) is 0 Å². The molecule has 0 aliphatic carbocycles. The molecule has 0 spiro atoms. The fourth-order valence-electron chi connectivity index (χ4n) is 3.93. The number of rotatable bonds is 5. The lowest BCUT2D eigenvalue weighted by atomic mass is 9.99. The molecular formula is C22H28N4O2. The summed E-state index contributed by atoms with van der Waals surface area (Å²) in [5, 5.41) is 4.07. The second-order valence-electron chi connectivity index (χ2n) is 7.67. The van der Waals surface area contributed by atoms with E-state index in [0.717, 1.165) is 57.1 Å². The topological polar surface area (TPSA) is 52.8 Å². The van der Waals surface area contributed by atoms with Gasteiger partial charge in [-0.2, -0.15) is 0 Å². The van der Waals surface area contributed by atoms with Gasteiger partial charge in [-0.15, -0.1) is 0 Å². The molecule has 0 atom stereocenters. The summed E-state index contributed by atoms with van der Waals surface area (Å²) in [6, 6.07) is 12.4. The Balaban J connectivity index is 1.22. The van der Waals surface area contributed by atoms with E-state index in [4.69, 9.17) is 4.52 Å². The third-order valence-electron chi connectivity index (χ3n) is 5.59. The van der Waals surface area contributed by atoms with Gasteiger partial charge in [0.05, 0.1) is 12.2 Å². The fourth-order valence-corrected chi connectivity index (χ4v) is 3.93. The second kappa shape index (κ2) is 8.71. The average molecular weight is 380 g/mol. The lowest BCUT2D eigenvalue weighted by Crippen LogP contribution is -2.50. The molecule has 2 aliphatic heterocycles. The average Bonchev–Trinajstić information content (AvgIpc) is 3.15. The van der Waals surface area contributed by atoms with Crippen LogP contribution in [0.3, 0.4) is 0 Å². The number of amides is 1. The maximum Gasteiger partial charge on any atom is 0.237 e. The van der Waals surface area contributed by atoms with Gasteiger partial charge in [0.1, 0.15) is 5.76 Å². The van der Waals surface area contributed by atoms with Crippen molar-refractivity contribution in [1.82, 2.24) is 19.9 Å². The molecule has 0 radical (unpaired) electrons. The van der Waals surface area contributed by atoms with Crippen LogP contribution in [0, 0.1) is 6.92 Å².